The van der Waals surface area contributed by atoms with Gasteiger partial charge in [-0.25, -0.2) is 0 Å². The van der Waals surface area contributed by atoms with Crippen molar-refractivity contribution in [2.24, 2.45) is 5.11 Å². The van der Waals surface area contributed by atoms with Gasteiger partial charge in [-0.1, -0.05) is 5.43 Å². The van der Waals surface area contributed by atoms with Crippen molar-refractivity contribution in [3.63, 3.8) is 0 Å². The maximum absolute atomic E-state index is 5.15. The van der Waals surface area contributed by atoms with Gasteiger partial charge in [-0.3, -0.25) is 0 Å². The van der Waals surface area contributed by atoms with E-state index in [-0.39, 0.29) is 0 Å². The van der Waals surface area contributed by atoms with Crippen LogP contribution in [0.15, 0.2) is 46.2 Å². The molecule has 0 spiro atoms. The topological polar surface area (TPSA) is 47.7 Å². The fourth-order valence-electron chi connectivity index (χ4n) is 1.79. The Morgan fingerprint density at radius 2 is 2.00 bits per heavy atom. The number of methoxy groups -OCH3 is 1. The SMILES string of the molecule is COc1ccc(C2=C(c3ccsc3)N=[N+]N2)cc1. The molecule has 5 heteroatoms. The quantitative estimate of drug-likeness (QED) is 0.919. The molecule has 2 aromatic rings. The highest BCUT2D eigenvalue weighted by Crippen LogP contribution is 2.29. The van der Waals surface area contributed by atoms with E-state index in [9.17, 15) is 0 Å². The first-order valence-corrected chi connectivity index (χ1v) is 6.41. The lowest BCUT2D eigenvalue weighted by atomic mass is 10.1. The van der Waals surface area contributed by atoms with Crippen molar-refractivity contribution in [1.82, 2.24) is 10.6 Å². The molecule has 89 valence electrons. The Morgan fingerprint density at radius 1 is 1.17 bits per heavy atom. The molecule has 0 aliphatic carbocycles. The molecule has 4 nitrogen and oxygen atoms in total. The summed E-state index contributed by atoms with van der Waals surface area (Å²) in [7, 11) is 1.66. The molecule has 1 aliphatic rings. The molecule has 0 atom stereocenters. The Balaban J connectivity index is 2.02. The number of benzene rings is 1. The van der Waals surface area contributed by atoms with Crippen molar-refractivity contribution in [1.29, 1.82) is 0 Å². The maximum atomic E-state index is 5.15. The van der Waals surface area contributed by atoms with E-state index in [1.54, 1.807) is 18.4 Å². The van der Waals surface area contributed by atoms with Gasteiger partial charge < -0.3 is 4.74 Å². The number of thiophene rings is 1. The lowest BCUT2D eigenvalue weighted by molar-refractivity contribution is 0.415. The van der Waals surface area contributed by atoms with E-state index in [2.05, 4.69) is 21.1 Å². The van der Waals surface area contributed by atoms with Gasteiger partial charge in [-0.05, 0) is 35.7 Å². The van der Waals surface area contributed by atoms with Gasteiger partial charge in [0.05, 0.1) is 7.11 Å². The van der Waals surface area contributed by atoms with E-state index < -0.39 is 0 Å². The van der Waals surface area contributed by atoms with Crippen molar-refractivity contribution >= 4 is 22.7 Å². The summed E-state index contributed by atoms with van der Waals surface area (Å²) in [4.78, 5) is 0. The van der Waals surface area contributed by atoms with Gasteiger partial charge in [0.25, 0.3) is 0 Å². The van der Waals surface area contributed by atoms with Gasteiger partial charge in [-0.2, -0.15) is 11.3 Å². The summed E-state index contributed by atoms with van der Waals surface area (Å²) in [5.74, 6) is 0.836. The fourth-order valence-corrected chi connectivity index (χ4v) is 2.43. The van der Waals surface area contributed by atoms with E-state index in [0.717, 1.165) is 28.3 Å². The van der Waals surface area contributed by atoms with Gasteiger partial charge in [0.2, 0.25) is 0 Å². The first kappa shape index (κ1) is 11.0. The summed E-state index contributed by atoms with van der Waals surface area (Å²) < 4.78 is 5.15. The number of hydrogen-bond acceptors (Lipinski definition) is 5. The molecule has 0 amide bonds. The monoisotopic (exact) mass is 257 g/mol. The second-order valence-corrected chi connectivity index (χ2v) is 4.56. The Kier molecular flexibility index (Phi) is 2.82. The average molecular weight is 257 g/mol. The molecule has 1 radical (unpaired) electrons. The second kappa shape index (κ2) is 4.62. The summed E-state index contributed by atoms with van der Waals surface area (Å²) in [6.07, 6.45) is 0. The summed E-state index contributed by atoms with van der Waals surface area (Å²) >= 11 is 1.65. The lowest BCUT2D eigenvalue weighted by Crippen LogP contribution is -2.08. The molecule has 1 aromatic carbocycles. The molecule has 0 saturated carbocycles. The van der Waals surface area contributed by atoms with Crippen LogP contribution in [0.2, 0.25) is 0 Å². The zero-order valence-electron chi connectivity index (χ0n) is 9.75. The Bertz CT molecular complexity index is 600. The highest BCUT2D eigenvalue weighted by atomic mass is 32.1. The molecular weight excluding hydrogens is 246 g/mol. The van der Waals surface area contributed by atoms with Crippen LogP contribution in [0.5, 0.6) is 5.75 Å². The number of nitrogens with zero attached hydrogens (tertiary/aromatic N) is 2. The molecular formula is C13H11N3OS+. The standard InChI is InChI=1S/C13H11N3OS/c1-17-11-4-2-9(3-5-11)12-13(15-16-14-12)10-6-7-18-8-10/h2-8H,1H3,(H,14,15)/q+1. The Hall–Kier alpha value is -2.14. The van der Waals surface area contributed by atoms with Crippen molar-refractivity contribution in [3.05, 3.63) is 52.2 Å². The third-order valence-corrected chi connectivity index (χ3v) is 3.41. The smallest absolute Gasteiger partial charge is 0.331 e. The van der Waals surface area contributed by atoms with Crippen LogP contribution in [-0.4, -0.2) is 7.11 Å². The molecule has 0 fully saturated rings. The minimum Gasteiger partial charge on any atom is -0.497 e. The van der Waals surface area contributed by atoms with Crippen LogP contribution in [0.25, 0.3) is 11.4 Å². The zero-order valence-corrected chi connectivity index (χ0v) is 10.6. The van der Waals surface area contributed by atoms with E-state index in [0.29, 0.717) is 0 Å². The molecule has 2 heterocycles. The minimum atomic E-state index is 0.836. The van der Waals surface area contributed by atoms with Crippen LogP contribution in [-0.2, 0) is 0 Å². The summed E-state index contributed by atoms with van der Waals surface area (Å²) in [5.41, 5.74) is 6.88. The van der Waals surface area contributed by atoms with Crippen molar-refractivity contribution in [2.75, 3.05) is 7.11 Å². The highest BCUT2D eigenvalue weighted by Gasteiger charge is 2.24. The van der Waals surface area contributed by atoms with Crippen LogP contribution in [0, 0.1) is 0 Å². The fraction of sp³-hybridized carbons (Fsp3) is 0.0769. The summed E-state index contributed by atoms with van der Waals surface area (Å²) in [6.45, 7) is 0. The second-order valence-electron chi connectivity index (χ2n) is 3.78. The largest absolute Gasteiger partial charge is 0.497 e. The molecule has 1 aliphatic heterocycles. The van der Waals surface area contributed by atoms with Crippen molar-refractivity contribution < 1.29 is 4.74 Å². The normalized spacial score (nSPS) is 13.8. The predicted octanol–water partition coefficient (Wildman–Crippen LogP) is 2.89. The first-order chi connectivity index (χ1) is 8.88. The van der Waals surface area contributed by atoms with Crippen molar-refractivity contribution in [3.8, 4) is 5.75 Å². The van der Waals surface area contributed by atoms with Gasteiger partial charge in [-0.15, -0.1) is 0 Å². The molecule has 1 N–H and O–H groups in total. The average Bonchev–Trinajstić information content (AvgIpc) is 3.09. The third-order valence-electron chi connectivity index (χ3n) is 2.72. The number of nitrogens with one attached hydrogen (secondary N) is 1. The van der Waals surface area contributed by atoms with E-state index in [4.69, 9.17) is 4.74 Å². The van der Waals surface area contributed by atoms with E-state index in [1.165, 1.54) is 0 Å². The van der Waals surface area contributed by atoms with Gasteiger partial charge in [0.15, 0.2) is 5.70 Å². The molecule has 18 heavy (non-hydrogen) atoms. The minimum absolute atomic E-state index is 0.836. The summed E-state index contributed by atoms with van der Waals surface area (Å²) in [6, 6.07) is 9.87. The van der Waals surface area contributed by atoms with Gasteiger partial charge in [0.1, 0.15) is 16.6 Å². The maximum Gasteiger partial charge on any atom is 0.331 e. The first-order valence-electron chi connectivity index (χ1n) is 5.46. The molecule has 0 bridgehead atoms. The molecule has 0 unspecified atom stereocenters. The summed E-state index contributed by atoms with van der Waals surface area (Å²) in [5, 5.41) is 12.1. The lowest BCUT2D eigenvalue weighted by Gasteiger charge is -2.02. The Morgan fingerprint density at radius 3 is 2.67 bits per heavy atom. The van der Waals surface area contributed by atoms with E-state index >= 15 is 0 Å². The number of ether oxygens (including phenoxy) is 1. The van der Waals surface area contributed by atoms with E-state index in [1.807, 2.05) is 35.7 Å². The Labute approximate surface area is 109 Å². The third kappa shape index (κ3) is 1.89. The zero-order chi connectivity index (χ0) is 12.4. The van der Waals surface area contributed by atoms with Crippen LogP contribution < -0.4 is 15.4 Å². The van der Waals surface area contributed by atoms with Gasteiger partial charge in [0, 0.05) is 16.5 Å². The highest BCUT2D eigenvalue weighted by molar-refractivity contribution is 7.08. The van der Waals surface area contributed by atoms with Crippen molar-refractivity contribution in [2.45, 2.75) is 0 Å². The number of hydrogen-bond donors (Lipinski definition) is 1. The van der Waals surface area contributed by atoms with Gasteiger partial charge >= 0.3 is 5.22 Å². The number of rotatable bonds is 3. The predicted molar refractivity (Wildman–Crippen MR) is 71.8 cm³/mol. The molecule has 1 aromatic heterocycles. The van der Waals surface area contributed by atoms with Crippen LogP contribution in [0.3, 0.4) is 0 Å². The van der Waals surface area contributed by atoms with Crippen LogP contribution in [0.1, 0.15) is 11.1 Å². The van der Waals surface area contributed by atoms with Crippen LogP contribution >= 0.6 is 11.3 Å². The molecule has 0 saturated heterocycles. The van der Waals surface area contributed by atoms with Crippen LogP contribution in [0.4, 0.5) is 0 Å². The molecule has 3 rings (SSSR count).